The Labute approximate surface area is 216 Å². The fourth-order valence-electron chi connectivity index (χ4n) is 3.68. The van der Waals surface area contributed by atoms with Crippen LogP contribution in [0.2, 0.25) is 0 Å². The Morgan fingerprint density at radius 3 is 2.43 bits per heavy atom. The molecule has 0 radical (unpaired) electrons. The monoisotopic (exact) mass is 499 g/mol. The molecule has 0 atom stereocenters. The number of carbonyl (C=O) groups excluding carboxylic acids is 2. The van der Waals surface area contributed by atoms with Crippen LogP contribution in [-0.4, -0.2) is 31.6 Å². The van der Waals surface area contributed by atoms with Crippen LogP contribution in [0.5, 0.6) is 17.2 Å². The van der Waals surface area contributed by atoms with Gasteiger partial charge < -0.3 is 18.9 Å². The number of rotatable bonds is 7. The van der Waals surface area contributed by atoms with E-state index >= 15 is 0 Å². The van der Waals surface area contributed by atoms with Gasteiger partial charge in [0.1, 0.15) is 5.75 Å². The SMILES string of the molecule is CCOc1cc(C=C2N=C(c3ccc(C(C)(C)C)cc3)OC2=O)ccc1OC(=O)c1cccc(OC)c1. The predicted molar refractivity (Wildman–Crippen MR) is 141 cm³/mol. The van der Waals surface area contributed by atoms with Gasteiger partial charge in [0.15, 0.2) is 17.2 Å². The molecule has 7 heteroatoms. The second-order valence-electron chi connectivity index (χ2n) is 9.42. The minimum atomic E-state index is -0.544. The van der Waals surface area contributed by atoms with Gasteiger partial charge in [0.2, 0.25) is 5.90 Å². The van der Waals surface area contributed by atoms with E-state index in [9.17, 15) is 9.59 Å². The van der Waals surface area contributed by atoms with Crippen LogP contribution in [0.15, 0.2) is 77.4 Å². The number of hydrogen-bond donors (Lipinski definition) is 0. The molecule has 0 saturated heterocycles. The first-order chi connectivity index (χ1) is 17.7. The minimum Gasteiger partial charge on any atom is -0.497 e. The highest BCUT2D eigenvalue weighted by Gasteiger charge is 2.25. The third-order valence-electron chi connectivity index (χ3n) is 5.70. The first-order valence-corrected chi connectivity index (χ1v) is 11.9. The summed E-state index contributed by atoms with van der Waals surface area (Å²) >= 11 is 0. The Morgan fingerprint density at radius 2 is 1.76 bits per heavy atom. The maximum absolute atomic E-state index is 12.7. The van der Waals surface area contributed by atoms with Gasteiger partial charge in [-0.3, -0.25) is 0 Å². The summed E-state index contributed by atoms with van der Waals surface area (Å²) in [5.74, 6) is 0.342. The van der Waals surface area contributed by atoms with Crippen molar-refractivity contribution in [2.45, 2.75) is 33.1 Å². The highest BCUT2D eigenvalue weighted by molar-refractivity contribution is 6.12. The van der Waals surface area contributed by atoms with Crippen molar-refractivity contribution in [3.63, 3.8) is 0 Å². The average molecular weight is 500 g/mol. The molecule has 4 rings (SSSR count). The Balaban J connectivity index is 1.57. The van der Waals surface area contributed by atoms with E-state index in [0.717, 1.165) is 5.56 Å². The lowest BCUT2D eigenvalue weighted by atomic mass is 9.87. The molecule has 3 aromatic rings. The van der Waals surface area contributed by atoms with E-state index in [1.54, 1.807) is 48.5 Å². The van der Waals surface area contributed by atoms with Gasteiger partial charge >= 0.3 is 11.9 Å². The van der Waals surface area contributed by atoms with Crippen molar-refractivity contribution < 1.29 is 28.5 Å². The summed E-state index contributed by atoms with van der Waals surface area (Å²) in [6.07, 6.45) is 1.61. The Bertz CT molecular complexity index is 1380. The summed E-state index contributed by atoms with van der Waals surface area (Å²) in [5.41, 5.74) is 3.07. The fraction of sp³-hybridized carbons (Fsp3) is 0.233. The maximum atomic E-state index is 12.7. The van der Waals surface area contributed by atoms with Gasteiger partial charge in [-0.25, -0.2) is 14.6 Å². The summed E-state index contributed by atoms with van der Waals surface area (Å²) in [7, 11) is 1.53. The molecule has 190 valence electrons. The van der Waals surface area contributed by atoms with E-state index in [-0.39, 0.29) is 22.8 Å². The number of methoxy groups -OCH3 is 1. The van der Waals surface area contributed by atoms with Crippen LogP contribution in [0.4, 0.5) is 0 Å². The normalized spacial score (nSPS) is 14.2. The van der Waals surface area contributed by atoms with Crippen LogP contribution in [-0.2, 0) is 14.9 Å². The lowest BCUT2D eigenvalue weighted by molar-refractivity contribution is -0.129. The number of ether oxygens (including phenoxy) is 4. The molecule has 0 saturated carbocycles. The molecular formula is C30H29NO6. The summed E-state index contributed by atoms with van der Waals surface area (Å²) in [4.78, 5) is 29.6. The van der Waals surface area contributed by atoms with Crippen LogP contribution < -0.4 is 14.2 Å². The third kappa shape index (κ3) is 6.06. The quantitative estimate of drug-likeness (QED) is 0.227. The first-order valence-electron chi connectivity index (χ1n) is 11.9. The van der Waals surface area contributed by atoms with E-state index in [1.165, 1.54) is 12.7 Å². The molecule has 0 amide bonds. The zero-order valence-corrected chi connectivity index (χ0v) is 21.5. The summed E-state index contributed by atoms with van der Waals surface area (Å²) in [5, 5.41) is 0. The molecule has 0 unspecified atom stereocenters. The second-order valence-corrected chi connectivity index (χ2v) is 9.42. The standard InChI is InChI=1S/C30H29NO6/c1-6-35-26-17-19(10-15-25(26)36-28(32)21-8-7-9-23(18-21)34-5)16-24-29(33)37-27(31-24)20-11-13-22(14-12-20)30(2,3)4/h7-18H,6H2,1-5H3. The van der Waals surface area contributed by atoms with E-state index in [2.05, 4.69) is 25.8 Å². The largest absolute Gasteiger partial charge is 0.497 e. The molecule has 0 aliphatic carbocycles. The van der Waals surface area contributed by atoms with Gasteiger partial charge in [-0.1, -0.05) is 45.0 Å². The van der Waals surface area contributed by atoms with Gasteiger partial charge in [-0.2, -0.15) is 0 Å². The van der Waals surface area contributed by atoms with E-state index in [4.69, 9.17) is 18.9 Å². The van der Waals surface area contributed by atoms with Crippen LogP contribution in [0.25, 0.3) is 6.08 Å². The van der Waals surface area contributed by atoms with Gasteiger partial charge in [-0.05, 0) is 72.0 Å². The lowest BCUT2D eigenvalue weighted by Gasteiger charge is -2.18. The molecule has 3 aromatic carbocycles. The van der Waals surface area contributed by atoms with Crippen molar-refractivity contribution in [1.82, 2.24) is 0 Å². The van der Waals surface area contributed by atoms with Crippen LogP contribution in [0.3, 0.4) is 0 Å². The molecule has 1 aliphatic rings. The molecule has 0 bridgehead atoms. The van der Waals surface area contributed by atoms with Crippen molar-refractivity contribution in [3.05, 3.63) is 94.7 Å². The van der Waals surface area contributed by atoms with Crippen molar-refractivity contribution in [1.29, 1.82) is 0 Å². The van der Waals surface area contributed by atoms with E-state index < -0.39 is 11.9 Å². The summed E-state index contributed by atoms with van der Waals surface area (Å²) < 4.78 is 21.9. The Kier molecular flexibility index (Phi) is 7.43. The summed E-state index contributed by atoms with van der Waals surface area (Å²) in [6, 6.07) is 19.5. The van der Waals surface area contributed by atoms with Crippen molar-refractivity contribution >= 4 is 23.9 Å². The minimum absolute atomic E-state index is 0.0183. The maximum Gasteiger partial charge on any atom is 0.363 e. The smallest absolute Gasteiger partial charge is 0.363 e. The molecule has 1 heterocycles. The molecular weight excluding hydrogens is 470 g/mol. The van der Waals surface area contributed by atoms with Crippen LogP contribution in [0.1, 0.15) is 54.7 Å². The van der Waals surface area contributed by atoms with E-state index in [1.807, 2.05) is 31.2 Å². The van der Waals surface area contributed by atoms with Crippen molar-refractivity contribution in [3.8, 4) is 17.2 Å². The molecule has 0 N–H and O–H groups in total. The number of hydrogen-bond acceptors (Lipinski definition) is 7. The molecule has 37 heavy (non-hydrogen) atoms. The summed E-state index contributed by atoms with van der Waals surface area (Å²) in [6.45, 7) is 8.60. The number of aliphatic imine (C=N–C) groups is 1. The van der Waals surface area contributed by atoms with Gasteiger partial charge in [-0.15, -0.1) is 0 Å². The number of nitrogens with zero attached hydrogens (tertiary/aromatic N) is 1. The number of cyclic esters (lactones) is 1. The Morgan fingerprint density at radius 1 is 1.00 bits per heavy atom. The van der Waals surface area contributed by atoms with Crippen molar-refractivity contribution in [2.75, 3.05) is 13.7 Å². The number of benzene rings is 3. The molecule has 0 aromatic heterocycles. The van der Waals surface area contributed by atoms with Crippen LogP contribution >= 0.6 is 0 Å². The van der Waals surface area contributed by atoms with Crippen molar-refractivity contribution in [2.24, 2.45) is 4.99 Å². The average Bonchev–Trinajstić information content (AvgIpc) is 3.25. The molecule has 0 fully saturated rings. The second kappa shape index (κ2) is 10.7. The van der Waals surface area contributed by atoms with Gasteiger partial charge in [0.05, 0.1) is 19.3 Å². The highest BCUT2D eigenvalue weighted by Crippen LogP contribution is 2.31. The Hall–Kier alpha value is -4.39. The molecule has 7 nitrogen and oxygen atoms in total. The third-order valence-corrected chi connectivity index (χ3v) is 5.70. The predicted octanol–water partition coefficient (Wildman–Crippen LogP) is 5.96. The zero-order valence-electron chi connectivity index (χ0n) is 21.5. The zero-order chi connectivity index (χ0) is 26.6. The first kappa shape index (κ1) is 25.7. The van der Waals surface area contributed by atoms with Gasteiger partial charge in [0, 0.05) is 5.56 Å². The highest BCUT2D eigenvalue weighted by atomic mass is 16.6. The van der Waals surface area contributed by atoms with Crippen LogP contribution in [0, 0.1) is 0 Å². The molecule has 0 spiro atoms. The lowest BCUT2D eigenvalue weighted by Crippen LogP contribution is -2.11. The fourth-order valence-corrected chi connectivity index (χ4v) is 3.68. The van der Waals surface area contributed by atoms with E-state index in [0.29, 0.717) is 29.2 Å². The molecule has 1 aliphatic heterocycles. The number of esters is 2. The topological polar surface area (TPSA) is 83.4 Å². The number of carbonyl (C=O) groups is 2. The van der Waals surface area contributed by atoms with Gasteiger partial charge in [0.25, 0.3) is 0 Å².